The highest BCUT2D eigenvalue weighted by Crippen LogP contribution is 2.09. The van der Waals surface area contributed by atoms with Gasteiger partial charge in [-0.2, -0.15) is 5.10 Å². The molecule has 21 heavy (non-hydrogen) atoms. The SMILES string of the molecule is COC(=O)c1ccc(C(=O)NC[C@@H](C)Cn2cccn2)o1. The molecule has 2 rings (SSSR count). The Morgan fingerprint density at radius 2 is 2.19 bits per heavy atom. The predicted molar refractivity (Wildman–Crippen MR) is 73.8 cm³/mol. The second-order valence-corrected chi connectivity index (χ2v) is 4.70. The molecule has 0 radical (unpaired) electrons. The van der Waals surface area contributed by atoms with Crippen LogP contribution in [0.3, 0.4) is 0 Å². The molecular weight excluding hydrogens is 274 g/mol. The fourth-order valence-electron chi connectivity index (χ4n) is 1.82. The van der Waals surface area contributed by atoms with E-state index in [9.17, 15) is 9.59 Å². The van der Waals surface area contributed by atoms with Crippen molar-refractivity contribution >= 4 is 11.9 Å². The van der Waals surface area contributed by atoms with Crippen LogP contribution in [0.4, 0.5) is 0 Å². The van der Waals surface area contributed by atoms with Crippen LogP contribution in [0.15, 0.2) is 35.0 Å². The largest absolute Gasteiger partial charge is 0.463 e. The van der Waals surface area contributed by atoms with Crippen LogP contribution < -0.4 is 5.32 Å². The minimum atomic E-state index is -0.610. The van der Waals surface area contributed by atoms with E-state index < -0.39 is 5.97 Å². The molecule has 7 heteroatoms. The van der Waals surface area contributed by atoms with E-state index in [1.165, 1.54) is 19.2 Å². The molecule has 0 bridgehead atoms. The number of hydrogen-bond donors (Lipinski definition) is 1. The Morgan fingerprint density at radius 3 is 2.86 bits per heavy atom. The van der Waals surface area contributed by atoms with Crippen LogP contribution in [-0.2, 0) is 11.3 Å². The molecule has 1 N–H and O–H groups in total. The van der Waals surface area contributed by atoms with Gasteiger partial charge in [0.1, 0.15) is 0 Å². The number of hydrogen-bond acceptors (Lipinski definition) is 5. The van der Waals surface area contributed by atoms with Gasteiger partial charge in [0.2, 0.25) is 5.76 Å². The second kappa shape index (κ2) is 6.74. The lowest BCUT2D eigenvalue weighted by Gasteiger charge is -2.11. The van der Waals surface area contributed by atoms with Crippen molar-refractivity contribution in [2.75, 3.05) is 13.7 Å². The van der Waals surface area contributed by atoms with Crippen molar-refractivity contribution in [1.82, 2.24) is 15.1 Å². The third-order valence-corrected chi connectivity index (χ3v) is 2.89. The Morgan fingerprint density at radius 1 is 1.43 bits per heavy atom. The first-order valence-corrected chi connectivity index (χ1v) is 6.54. The van der Waals surface area contributed by atoms with Crippen molar-refractivity contribution in [3.8, 4) is 0 Å². The van der Waals surface area contributed by atoms with E-state index in [1.807, 2.05) is 19.2 Å². The van der Waals surface area contributed by atoms with Crippen LogP contribution in [0.25, 0.3) is 0 Å². The number of methoxy groups -OCH3 is 1. The van der Waals surface area contributed by atoms with Crippen LogP contribution in [0.5, 0.6) is 0 Å². The summed E-state index contributed by atoms with van der Waals surface area (Å²) in [5.41, 5.74) is 0. The van der Waals surface area contributed by atoms with Crippen LogP contribution in [0.1, 0.15) is 28.0 Å². The maximum absolute atomic E-state index is 11.9. The van der Waals surface area contributed by atoms with Gasteiger partial charge in [-0.3, -0.25) is 9.48 Å². The fraction of sp³-hybridized carbons (Fsp3) is 0.357. The lowest BCUT2D eigenvalue weighted by Crippen LogP contribution is -2.29. The first-order valence-electron chi connectivity index (χ1n) is 6.54. The molecule has 1 atom stereocenters. The minimum absolute atomic E-state index is 0.00670. The minimum Gasteiger partial charge on any atom is -0.463 e. The quantitative estimate of drug-likeness (QED) is 0.811. The summed E-state index contributed by atoms with van der Waals surface area (Å²) in [4.78, 5) is 23.1. The zero-order valence-electron chi connectivity index (χ0n) is 11.9. The van der Waals surface area contributed by atoms with E-state index in [2.05, 4.69) is 15.2 Å². The molecule has 0 aliphatic rings. The zero-order valence-corrected chi connectivity index (χ0v) is 11.9. The van der Waals surface area contributed by atoms with Gasteiger partial charge < -0.3 is 14.5 Å². The molecule has 7 nitrogen and oxygen atoms in total. The number of carbonyl (C=O) groups is 2. The summed E-state index contributed by atoms with van der Waals surface area (Å²) in [7, 11) is 1.25. The average Bonchev–Trinajstić information content (AvgIpc) is 3.15. The molecule has 0 aromatic carbocycles. The lowest BCUT2D eigenvalue weighted by molar-refractivity contribution is 0.0562. The Balaban J connectivity index is 1.84. The van der Waals surface area contributed by atoms with Crippen molar-refractivity contribution in [2.24, 2.45) is 5.92 Å². The molecule has 2 heterocycles. The molecule has 0 spiro atoms. The van der Waals surface area contributed by atoms with E-state index in [0.717, 1.165) is 0 Å². The molecule has 0 unspecified atom stereocenters. The molecule has 2 aromatic heterocycles. The molecule has 112 valence electrons. The zero-order chi connectivity index (χ0) is 15.2. The number of esters is 1. The third-order valence-electron chi connectivity index (χ3n) is 2.89. The number of nitrogens with one attached hydrogen (secondary N) is 1. The molecule has 2 aromatic rings. The number of rotatable bonds is 6. The molecule has 0 fully saturated rings. The van der Waals surface area contributed by atoms with Crippen LogP contribution in [0.2, 0.25) is 0 Å². The molecule has 0 aliphatic carbocycles. The average molecular weight is 291 g/mol. The summed E-state index contributed by atoms with van der Waals surface area (Å²) in [5, 5.41) is 6.86. The summed E-state index contributed by atoms with van der Waals surface area (Å²) in [6.07, 6.45) is 3.58. The second-order valence-electron chi connectivity index (χ2n) is 4.70. The molecular formula is C14H17N3O4. The van der Waals surface area contributed by atoms with Gasteiger partial charge in [0, 0.05) is 25.5 Å². The molecule has 0 saturated heterocycles. The number of aromatic nitrogens is 2. The molecule has 1 amide bonds. The Bertz CT molecular complexity index is 604. The summed E-state index contributed by atoms with van der Waals surface area (Å²) >= 11 is 0. The van der Waals surface area contributed by atoms with E-state index >= 15 is 0 Å². The van der Waals surface area contributed by atoms with Crippen molar-refractivity contribution in [3.63, 3.8) is 0 Å². The standard InChI is InChI=1S/C14H17N3O4/c1-10(9-17-7-3-6-16-17)8-15-13(18)11-4-5-12(21-11)14(19)20-2/h3-7,10H,8-9H2,1-2H3,(H,15,18)/t10-/m1/s1. The van der Waals surface area contributed by atoms with Crippen LogP contribution >= 0.6 is 0 Å². The first-order chi connectivity index (χ1) is 10.1. The van der Waals surface area contributed by atoms with Crippen LogP contribution in [-0.4, -0.2) is 35.3 Å². The van der Waals surface area contributed by atoms with Crippen LogP contribution in [0, 0.1) is 5.92 Å². The van der Waals surface area contributed by atoms with Crippen molar-refractivity contribution < 1.29 is 18.7 Å². The van der Waals surface area contributed by atoms with Gasteiger partial charge in [-0.25, -0.2) is 4.79 Å². The number of nitrogens with zero attached hydrogens (tertiary/aromatic N) is 2. The fourth-order valence-corrected chi connectivity index (χ4v) is 1.82. The summed E-state index contributed by atoms with van der Waals surface area (Å²) < 4.78 is 11.4. The topological polar surface area (TPSA) is 86.4 Å². The highest BCUT2D eigenvalue weighted by atomic mass is 16.5. The summed E-state index contributed by atoms with van der Waals surface area (Å²) in [6, 6.07) is 4.70. The highest BCUT2D eigenvalue weighted by Gasteiger charge is 2.16. The lowest BCUT2D eigenvalue weighted by atomic mass is 10.2. The van der Waals surface area contributed by atoms with Gasteiger partial charge in [0.05, 0.1) is 7.11 Å². The first kappa shape index (κ1) is 14.8. The number of amides is 1. The van der Waals surface area contributed by atoms with Gasteiger partial charge in [0.15, 0.2) is 5.76 Å². The van der Waals surface area contributed by atoms with Gasteiger partial charge >= 0.3 is 5.97 Å². The third kappa shape index (κ3) is 3.95. The Kier molecular flexibility index (Phi) is 4.76. The predicted octanol–water partition coefficient (Wildman–Crippen LogP) is 1.33. The van der Waals surface area contributed by atoms with Gasteiger partial charge in [-0.15, -0.1) is 0 Å². The van der Waals surface area contributed by atoms with Gasteiger partial charge in [-0.1, -0.05) is 6.92 Å². The summed E-state index contributed by atoms with van der Waals surface area (Å²) in [6.45, 7) is 3.19. The number of furan rings is 1. The van der Waals surface area contributed by atoms with E-state index in [4.69, 9.17) is 4.42 Å². The van der Waals surface area contributed by atoms with Gasteiger partial charge in [-0.05, 0) is 24.1 Å². The monoisotopic (exact) mass is 291 g/mol. The van der Waals surface area contributed by atoms with E-state index in [0.29, 0.717) is 13.1 Å². The normalized spacial score (nSPS) is 11.9. The van der Waals surface area contributed by atoms with E-state index in [1.54, 1.807) is 10.9 Å². The van der Waals surface area contributed by atoms with Gasteiger partial charge in [0.25, 0.3) is 5.91 Å². The molecule has 0 saturated carbocycles. The maximum atomic E-state index is 11.9. The number of carbonyl (C=O) groups excluding carboxylic acids is 2. The Labute approximate surface area is 121 Å². The number of ether oxygens (including phenoxy) is 1. The van der Waals surface area contributed by atoms with Crippen molar-refractivity contribution in [3.05, 3.63) is 42.1 Å². The van der Waals surface area contributed by atoms with E-state index in [-0.39, 0.29) is 23.3 Å². The summed E-state index contributed by atoms with van der Waals surface area (Å²) in [5.74, 6) is -0.670. The molecule has 0 aliphatic heterocycles. The highest BCUT2D eigenvalue weighted by molar-refractivity contribution is 5.93. The Hall–Kier alpha value is -2.57. The smallest absolute Gasteiger partial charge is 0.373 e. The van der Waals surface area contributed by atoms with Crippen molar-refractivity contribution in [2.45, 2.75) is 13.5 Å². The van der Waals surface area contributed by atoms with Crippen molar-refractivity contribution in [1.29, 1.82) is 0 Å². The maximum Gasteiger partial charge on any atom is 0.373 e.